The van der Waals surface area contributed by atoms with Gasteiger partial charge >= 0.3 is 6.09 Å². The Morgan fingerprint density at radius 1 is 0.897 bits per heavy atom. The van der Waals surface area contributed by atoms with Gasteiger partial charge in [0.05, 0.1) is 18.2 Å². The van der Waals surface area contributed by atoms with Gasteiger partial charge in [0.25, 0.3) is 0 Å². The largest absolute Gasteiger partial charge is 0.447 e. The zero-order chi connectivity index (χ0) is 27.8. The zero-order valence-corrected chi connectivity index (χ0v) is 24.4. The van der Waals surface area contributed by atoms with E-state index in [2.05, 4.69) is 46.0 Å². The molecule has 7 heteroatoms. The van der Waals surface area contributed by atoms with Gasteiger partial charge in [0, 0.05) is 6.54 Å². The van der Waals surface area contributed by atoms with Crippen LogP contribution < -0.4 is 0 Å². The lowest BCUT2D eigenvalue weighted by atomic mass is 9.84. The fourth-order valence-electron chi connectivity index (χ4n) is 5.27. The predicted octanol–water partition coefficient (Wildman–Crippen LogP) is 6.72. The Kier molecular flexibility index (Phi) is 7.40. The molecule has 2 heterocycles. The van der Waals surface area contributed by atoms with Crippen LogP contribution in [0, 0.1) is 0 Å². The second kappa shape index (κ2) is 10.6. The van der Waals surface area contributed by atoms with Gasteiger partial charge < -0.3 is 14.1 Å². The number of hydrogen-bond acceptors (Lipinski definition) is 4. The third kappa shape index (κ3) is 5.25. The minimum Gasteiger partial charge on any atom is -0.447 e. The van der Waals surface area contributed by atoms with Crippen LogP contribution in [-0.4, -0.2) is 48.8 Å². The number of ether oxygens (including phenoxy) is 1. The van der Waals surface area contributed by atoms with Crippen molar-refractivity contribution >= 4 is 20.3 Å². The summed E-state index contributed by atoms with van der Waals surface area (Å²) in [5, 5.41) is -0.0350. The van der Waals surface area contributed by atoms with Crippen LogP contribution in [0.2, 0.25) is 18.1 Å². The van der Waals surface area contributed by atoms with Crippen molar-refractivity contribution in [2.24, 2.45) is 0 Å². The number of hydrogen-bond donors (Lipinski definition) is 0. The molecule has 3 aromatic carbocycles. The maximum atomic E-state index is 14.0. The zero-order valence-electron chi connectivity index (χ0n) is 23.4. The molecule has 0 spiro atoms. The third-order valence-corrected chi connectivity index (χ3v) is 12.9. The van der Waals surface area contributed by atoms with Crippen LogP contribution in [0.15, 0.2) is 91.0 Å². The van der Waals surface area contributed by atoms with E-state index in [1.807, 2.05) is 83.8 Å². The highest BCUT2D eigenvalue weighted by Crippen LogP contribution is 2.47. The van der Waals surface area contributed by atoms with E-state index in [-0.39, 0.29) is 29.6 Å². The van der Waals surface area contributed by atoms with E-state index in [4.69, 9.17) is 9.16 Å². The van der Waals surface area contributed by atoms with Gasteiger partial charge in [0.15, 0.2) is 8.32 Å². The summed E-state index contributed by atoms with van der Waals surface area (Å²) in [6.07, 6.45) is -0.853. The van der Waals surface area contributed by atoms with Crippen LogP contribution in [-0.2, 0) is 20.5 Å². The highest BCUT2D eigenvalue weighted by molar-refractivity contribution is 6.74. The molecule has 2 aliphatic rings. The van der Waals surface area contributed by atoms with Crippen molar-refractivity contribution in [3.8, 4) is 0 Å². The van der Waals surface area contributed by atoms with Gasteiger partial charge in [-0.15, -0.1) is 0 Å². The Morgan fingerprint density at radius 3 is 2.05 bits per heavy atom. The van der Waals surface area contributed by atoms with E-state index in [1.54, 1.807) is 4.90 Å². The maximum absolute atomic E-state index is 14.0. The lowest BCUT2D eigenvalue weighted by Crippen LogP contribution is -2.73. The van der Waals surface area contributed by atoms with Crippen molar-refractivity contribution in [3.63, 3.8) is 0 Å². The average molecular weight is 543 g/mol. The molecule has 0 aromatic heterocycles. The van der Waals surface area contributed by atoms with E-state index < -0.39 is 26.6 Å². The first kappa shape index (κ1) is 27.2. The summed E-state index contributed by atoms with van der Waals surface area (Å²) in [5.41, 5.74) is 3.00. The minimum absolute atomic E-state index is 0.0350. The van der Waals surface area contributed by atoms with Crippen LogP contribution in [0.25, 0.3) is 0 Å². The second-order valence-corrected chi connectivity index (χ2v) is 16.8. The van der Waals surface area contributed by atoms with E-state index in [1.165, 1.54) is 0 Å². The highest BCUT2D eigenvalue weighted by Gasteiger charge is 2.60. The summed E-state index contributed by atoms with van der Waals surface area (Å²) in [6.45, 7) is 11.8. The number of β-lactam (4-membered cyclic amide) rings is 1. The molecular formula is C32H38N2O4Si. The average Bonchev–Trinajstić information content (AvgIpc) is 3.30. The van der Waals surface area contributed by atoms with Gasteiger partial charge in [0.1, 0.15) is 12.6 Å². The summed E-state index contributed by atoms with van der Waals surface area (Å²) in [5.74, 6) is -0.0802. The fourth-order valence-corrected chi connectivity index (χ4v) is 6.53. The molecule has 0 saturated carbocycles. The van der Waals surface area contributed by atoms with Gasteiger partial charge in [-0.3, -0.25) is 9.69 Å². The number of amides is 2. The summed E-state index contributed by atoms with van der Waals surface area (Å²) in [4.78, 5) is 30.8. The molecule has 0 unspecified atom stereocenters. The molecule has 2 fully saturated rings. The standard InChI is InChI=1S/C32H38N2O4Si/c1-32(2,3)39(4,5)38-29(25-19-13-8-14-20-25)27-28(30(35)33(27)21-23-15-9-6-10-16-23)34-26(22-37-31(34)36)24-17-11-7-12-18-24/h6-20,26-29H,21-22H2,1-5H3/t26-,27+,28+,29-/m1/s1. The van der Waals surface area contributed by atoms with E-state index in [9.17, 15) is 9.59 Å². The number of rotatable bonds is 8. The topological polar surface area (TPSA) is 59.1 Å². The number of nitrogens with zero attached hydrogens (tertiary/aromatic N) is 2. The van der Waals surface area contributed by atoms with Crippen LogP contribution in [0.4, 0.5) is 4.79 Å². The number of benzene rings is 3. The van der Waals surface area contributed by atoms with E-state index in [0.29, 0.717) is 6.54 Å². The van der Waals surface area contributed by atoms with Crippen LogP contribution in [0.1, 0.15) is 49.6 Å². The Morgan fingerprint density at radius 2 is 1.46 bits per heavy atom. The summed E-state index contributed by atoms with van der Waals surface area (Å²) in [7, 11) is -2.28. The Balaban J connectivity index is 1.59. The molecular weight excluding hydrogens is 504 g/mol. The van der Waals surface area contributed by atoms with Gasteiger partial charge in [-0.05, 0) is 34.8 Å². The van der Waals surface area contributed by atoms with Crippen molar-refractivity contribution in [1.29, 1.82) is 0 Å². The molecule has 5 rings (SSSR count). The van der Waals surface area contributed by atoms with Crippen LogP contribution in [0.5, 0.6) is 0 Å². The lowest BCUT2D eigenvalue weighted by molar-refractivity contribution is -0.167. The summed E-state index contributed by atoms with van der Waals surface area (Å²) < 4.78 is 12.7. The quantitative estimate of drug-likeness (QED) is 0.234. The SMILES string of the molecule is CC(C)(C)[Si](C)(C)O[C@H](c1ccccc1)[C@@H]1[C@H](N2C(=O)OC[C@@H]2c2ccccc2)C(=O)N1Cc1ccccc1. The van der Waals surface area contributed by atoms with Crippen molar-refractivity contribution < 1.29 is 18.8 Å². The fraction of sp³-hybridized carbons (Fsp3) is 0.375. The molecule has 3 aromatic rings. The first-order valence-electron chi connectivity index (χ1n) is 13.7. The minimum atomic E-state index is -2.28. The first-order valence-corrected chi connectivity index (χ1v) is 16.6. The third-order valence-electron chi connectivity index (χ3n) is 8.48. The Labute approximate surface area is 232 Å². The summed E-state index contributed by atoms with van der Waals surface area (Å²) >= 11 is 0. The molecule has 0 N–H and O–H groups in total. The molecule has 6 nitrogen and oxygen atoms in total. The summed E-state index contributed by atoms with van der Waals surface area (Å²) in [6, 6.07) is 28.5. The molecule has 0 aliphatic carbocycles. The number of carbonyl (C=O) groups is 2. The molecule has 39 heavy (non-hydrogen) atoms. The van der Waals surface area contributed by atoms with Crippen molar-refractivity contribution in [2.75, 3.05) is 6.61 Å². The molecule has 2 aliphatic heterocycles. The highest BCUT2D eigenvalue weighted by atomic mass is 28.4. The number of likely N-dealkylation sites (tertiary alicyclic amines) is 1. The van der Waals surface area contributed by atoms with Crippen molar-refractivity contribution in [2.45, 2.75) is 69.7 Å². The van der Waals surface area contributed by atoms with Crippen molar-refractivity contribution in [3.05, 3.63) is 108 Å². The van der Waals surface area contributed by atoms with Crippen LogP contribution >= 0.6 is 0 Å². The van der Waals surface area contributed by atoms with Gasteiger partial charge in [-0.25, -0.2) is 4.79 Å². The molecule has 4 atom stereocenters. The Hall–Kier alpha value is -3.42. The first-order chi connectivity index (χ1) is 18.6. The molecule has 2 saturated heterocycles. The molecule has 204 valence electrons. The molecule has 2 amide bonds. The maximum Gasteiger partial charge on any atom is 0.411 e. The lowest BCUT2D eigenvalue weighted by Gasteiger charge is -2.55. The number of cyclic esters (lactones) is 1. The number of carbonyl (C=O) groups excluding carboxylic acids is 2. The predicted molar refractivity (Wildman–Crippen MR) is 154 cm³/mol. The smallest absolute Gasteiger partial charge is 0.411 e. The van der Waals surface area contributed by atoms with Gasteiger partial charge in [-0.2, -0.15) is 0 Å². The normalized spacial score (nSPS) is 22.4. The van der Waals surface area contributed by atoms with Gasteiger partial charge in [0.2, 0.25) is 5.91 Å². The van der Waals surface area contributed by atoms with E-state index in [0.717, 1.165) is 16.7 Å². The molecule has 0 bridgehead atoms. The molecule has 0 radical (unpaired) electrons. The van der Waals surface area contributed by atoms with Gasteiger partial charge in [-0.1, -0.05) is 112 Å². The van der Waals surface area contributed by atoms with Crippen molar-refractivity contribution in [1.82, 2.24) is 9.80 Å². The Bertz CT molecular complexity index is 1290. The second-order valence-electron chi connectivity index (χ2n) is 12.0. The van der Waals surface area contributed by atoms with Crippen LogP contribution in [0.3, 0.4) is 0 Å². The monoisotopic (exact) mass is 542 g/mol. The van der Waals surface area contributed by atoms with E-state index >= 15 is 0 Å².